The Morgan fingerprint density at radius 2 is 2.30 bits per heavy atom. The van der Waals surface area contributed by atoms with Crippen molar-refractivity contribution in [3.8, 4) is 0 Å². The minimum Gasteiger partial charge on any atom is -0.316 e. The van der Waals surface area contributed by atoms with Crippen LogP contribution < -0.4 is 5.32 Å². The van der Waals surface area contributed by atoms with Crippen molar-refractivity contribution in [1.29, 1.82) is 0 Å². The van der Waals surface area contributed by atoms with E-state index >= 15 is 0 Å². The highest BCUT2D eigenvalue weighted by atomic mass is 35.5. The highest BCUT2D eigenvalue weighted by Crippen LogP contribution is 1.89. The van der Waals surface area contributed by atoms with Crippen LogP contribution in [0.4, 0.5) is 0 Å². The van der Waals surface area contributed by atoms with Crippen LogP contribution in [-0.4, -0.2) is 17.2 Å². The van der Waals surface area contributed by atoms with Gasteiger partial charge in [-0.3, -0.25) is 5.10 Å². The van der Waals surface area contributed by atoms with E-state index in [2.05, 4.69) is 15.5 Å². The van der Waals surface area contributed by atoms with E-state index in [1.54, 1.807) is 6.20 Å². The Morgan fingerprint density at radius 1 is 1.60 bits per heavy atom. The van der Waals surface area contributed by atoms with E-state index in [0.29, 0.717) is 0 Å². The largest absolute Gasteiger partial charge is 0.316 e. The summed E-state index contributed by atoms with van der Waals surface area (Å²) in [6.45, 7) is 0.885. The zero-order chi connectivity index (χ0) is 5.82. The van der Waals surface area contributed by atoms with E-state index in [0.717, 1.165) is 6.54 Å². The molecule has 1 aromatic rings. The monoisotopic (exact) mass is 183 g/mol. The molecule has 0 atom stereocenters. The predicted octanol–water partition coefficient (Wildman–Crippen LogP) is 0.973. The van der Waals surface area contributed by atoms with Crippen LogP contribution in [0.25, 0.3) is 0 Å². The molecule has 0 aromatic carbocycles. The molecule has 0 aliphatic rings. The maximum Gasteiger partial charge on any atom is 0.0532 e. The van der Waals surface area contributed by atoms with Crippen molar-refractivity contribution in [3.63, 3.8) is 0 Å². The molecular weight excluding hydrogens is 173 g/mol. The lowest BCUT2D eigenvalue weighted by molar-refractivity contribution is 0.818. The van der Waals surface area contributed by atoms with Crippen molar-refractivity contribution < 1.29 is 0 Å². The fraction of sp³-hybridized carbons (Fsp3) is 0.400. The molecule has 2 N–H and O–H groups in total. The van der Waals surface area contributed by atoms with E-state index in [1.807, 2.05) is 13.2 Å². The topological polar surface area (TPSA) is 40.7 Å². The Kier molecular flexibility index (Phi) is 8.53. The number of halogens is 2. The summed E-state index contributed by atoms with van der Waals surface area (Å²) in [7, 11) is 1.91. The third-order valence-electron chi connectivity index (χ3n) is 0.936. The van der Waals surface area contributed by atoms with Gasteiger partial charge in [-0.05, 0) is 7.05 Å². The molecule has 0 bridgehead atoms. The standard InChI is InChI=1S/C5H9N3.2ClH/c1-6-2-5-3-7-8-4-5;;/h3-4,6H,2H2,1H3,(H,7,8);2*1H. The number of H-pyrrole nitrogens is 1. The molecular formula is C5H11Cl2N3. The molecule has 0 radical (unpaired) electrons. The van der Waals surface area contributed by atoms with Gasteiger partial charge in [-0.25, -0.2) is 0 Å². The number of aromatic amines is 1. The van der Waals surface area contributed by atoms with Crippen LogP contribution in [0.5, 0.6) is 0 Å². The third kappa shape index (κ3) is 3.71. The maximum absolute atomic E-state index is 3.78. The van der Waals surface area contributed by atoms with Crippen molar-refractivity contribution in [2.75, 3.05) is 7.05 Å². The summed E-state index contributed by atoms with van der Waals surface area (Å²) in [5.41, 5.74) is 1.19. The van der Waals surface area contributed by atoms with Gasteiger partial charge in [0.15, 0.2) is 0 Å². The molecule has 0 aliphatic heterocycles. The summed E-state index contributed by atoms with van der Waals surface area (Å²) >= 11 is 0. The molecule has 0 unspecified atom stereocenters. The van der Waals surface area contributed by atoms with Crippen LogP contribution in [0.1, 0.15) is 5.56 Å². The molecule has 10 heavy (non-hydrogen) atoms. The summed E-state index contributed by atoms with van der Waals surface area (Å²) in [6, 6.07) is 0. The van der Waals surface area contributed by atoms with Gasteiger partial charge in [0.05, 0.1) is 6.20 Å². The first kappa shape index (κ1) is 12.4. The molecule has 1 rings (SSSR count). The molecule has 0 amide bonds. The van der Waals surface area contributed by atoms with Gasteiger partial charge in [-0.15, -0.1) is 24.8 Å². The third-order valence-corrected chi connectivity index (χ3v) is 0.936. The first-order valence-corrected chi connectivity index (χ1v) is 2.55. The van der Waals surface area contributed by atoms with Gasteiger partial charge < -0.3 is 5.32 Å². The predicted molar refractivity (Wildman–Crippen MR) is 45.8 cm³/mol. The van der Waals surface area contributed by atoms with Gasteiger partial charge in [0.25, 0.3) is 0 Å². The first-order valence-electron chi connectivity index (χ1n) is 2.55. The highest BCUT2D eigenvalue weighted by Gasteiger charge is 1.86. The van der Waals surface area contributed by atoms with Crippen LogP contribution in [0.2, 0.25) is 0 Å². The Morgan fingerprint density at radius 3 is 2.70 bits per heavy atom. The highest BCUT2D eigenvalue weighted by molar-refractivity contribution is 5.85. The fourth-order valence-corrected chi connectivity index (χ4v) is 0.578. The minimum atomic E-state index is 0. The van der Waals surface area contributed by atoms with Gasteiger partial charge in [-0.2, -0.15) is 5.10 Å². The van der Waals surface area contributed by atoms with Crippen LogP contribution >= 0.6 is 24.8 Å². The SMILES string of the molecule is CNCc1cn[nH]c1.Cl.Cl. The number of hydrogen-bond acceptors (Lipinski definition) is 2. The lowest BCUT2D eigenvalue weighted by atomic mass is 10.4. The smallest absolute Gasteiger partial charge is 0.0532 e. The van der Waals surface area contributed by atoms with Crippen molar-refractivity contribution in [3.05, 3.63) is 18.0 Å². The number of aromatic nitrogens is 2. The summed E-state index contributed by atoms with van der Waals surface area (Å²) in [5, 5.41) is 9.51. The van der Waals surface area contributed by atoms with Crippen molar-refractivity contribution in [2.45, 2.75) is 6.54 Å². The van der Waals surface area contributed by atoms with Gasteiger partial charge in [0.1, 0.15) is 0 Å². The Labute approximate surface area is 72.4 Å². The van der Waals surface area contributed by atoms with Crippen LogP contribution in [-0.2, 0) is 6.54 Å². The lowest BCUT2D eigenvalue weighted by Crippen LogP contribution is -2.03. The summed E-state index contributed by atoms with van der Waals surface area (Å²) in [5.74, 6) is 0. The number of hydrogen-bond donors (Lipinski definition) is 2. The van der Waals surface area contributed by atoms with Crippen molar-refractivity contribution >= 4 is 24.8 Å². The molecule has 0 spiro atoms. The first-order chi connectivity index (χ1) is 3.93. The summed E-state index contributed by atoms with van der Waals surface area (Å²) in [6.07, 6.45) is 3.67. The average molecular weight is 184 g/mol. The molecule has 0 fully saturated rings. The van der Waals surface area contributed by atoms with Gasteiger partial charge in [0.2, 0.25) is 0 Å². The second kappa shape index (κ2) is 6.86. The van der Waals surface area contributed by atoms with E-state index < -0.39 is 0 Å². The quantitative estimate of drug-likeness (QED) is 0.718. The van der Waals surface area contributed by atoms with Crippen LogP contribution in [0.15, 0.2) is 12.4 Å². The molecule has 0 aliphatic carbocycles. The normalized spacial score (nSPS) is 7.70. The van der Waals surface area contributed by atoms with Crippen molar-refractivity contribution in [2.24, 2.45) is 0 Å². The zero-order valence-corrected chi connectivity index (χ0v) is 7.26. The molecule has 5 heteroatoms. The maximum atomic E-state index is 3.78. The van der Waals surface area contributed by atoms with E-state index in [1.165, 1.54) is 5.56 Å². The number of nitrogens with one attached hydrogen (secondary N) is 2. The Hall–Kier alpha value is -0.250. The molecule has 0 saturated heterocycles. The average Bonchev–Trinajstić information content (AvgIpc) is 2.19. The molecule has 3 nitrogen and oxygen atoms in total. The molecule has 60 valence electrons. The fourth-order valence-electron chi connectivity index (χ4n) is 0.578. The molecule has 1 heterocycles. The number of nitrogens with zero attached hydrogens (tertiary/aromatic N) is 1. The Balaban J connectivity index is 0. The second-order valence-electron chi connectivity index (χ2n) is 1.64. The number of rotatable bonds is 2. The van der Waals surface area contributed by atoms with E-state index in [4.69, 9.17) is 0 Å². The molecule has 1 aromatic heterocycles. The summed E-state index contributed by atoms with van der Waals surface area (Å²) in [4.78, 5) is 0. The van der Waals surface area contributed by atoms with Gasteiger partial charge >= 0.3 is 0 Å². The Bertz CT molecular complexity index is 141. The van der Waals surface area contributed by atoms with Crippen LogP contribution in [0.3, 0.4) is 0 Å². The van der Waals surface area contributed by atoms with Gasteiger partial charge in [0, 0.05) is 18.3 Å². The van der Waals surface area contributed by atoms with E-state index in [9.17, 15) is 0 Å². The lowest BCUT2D eigenvalue weighted by Gasteiger charge is -1.88. The van der Waals surface area contributed by atoms with Crippen molar-refractivity contribution in [1.82, 2.24) is 15.5 Å². The van der Waals surface area contributed by atoms with Gasteiger partial charge in [-0.1, -0.05) is 0 Å². The van der Waals surface area contributed by atoms with Crippen LogP contribution in [0, 0.1) is 0 Å². The second-order valence-corrected chi connectivity index (χ2v) is 1.64. The summed E-state index contributed by atoms with van der Waals surface area (Å²) < 4.78 is 0. The molecule has 0 saturated carbocycles. The zero-order valence-electron chi connectivity index (χ0n) is 5.63. The van der Waals surface area contributed by atoms with E-state index in [-0.39, 0.29) is 24.8 Å². The minimum absolute atomic E-state index is 0.